The maximum absolute atomic E-state index is 12.7. The molecule has 8 nitrogen and oxygen atoms in total. The Morgan fingerprint density at radius 2 is 1.87 bits per heavy atom. The number of aromatic hydroxyl groups is 1. The number of phenolic OH excluding ortho intramolecular Hbond substituents is 1. The van der Waals surface area contributed by atoms with Crippen LogP contribution >= 0.6 is 0 Å². The lowest BCUT2D eigenvalue weighted by molar-refractivity contribution is 0.0949. The molecule has 3 aromatic rings. The topological polar surface area (TPSA) is 98.0 Å². The van der Waals surface area contributed by atoms with Crippen molar-refractivity contribution in [3.8, 4) is 22.9 Å². The molecule has 4 rings (SSSR count). The summed E-state index contributed by atoms with van der Waals surface area (Å²) in [6, 6.07) is 13.0. The molecule has 2 N–H and O–H groups in total. The van der Waals surface area contributed by atoms with Crippen molar-refractivity contribution in [2.45, 2.75) is 19.3 Å². The largest absolute Gasteiger partial charge is 0.502 e. The van der Waals surface area contributed by atoms with Crippen LogP contribution in [0.2, 0.25) is 0 Å². The van der Waals surface area contributed by atoms with Crippen LogP contribution in [0.25, 0.3) is 5.69 Å². The fourth-order valence-electron chi connectivity index (χ4n) is 3.61. The van der Waals surface area contributed by atoms with Gasteiger partial charge in [0, 0.05) is 16.8 Å². The van der Waals surface area contributed by atoms with Crippen LogP contribution in [0.4, 0.5) is 0 Å². The number of nitrogens with zero attached hydrogens (tertiary/aromatic N) is 3. The Morgan fingerprint density at radius 3 is 2.53 bits per heavy atom. The van der Waals surface area contributed by atoms with E-state index in [0.29, 0.717) is 11.3 Å². The van der Waals surface area contributed by atoms with Crippen molar-refractivity contribution in [1.29, 1.82) is 0 Å². The zero-order valence-corrected chi connectivity index (χ0v) is 16.8. The third-order valence-electron chi connectivity index (χ3n) is 5.03. The summed E-state index contributed by atoms with van der Waals surface area (Å²) < 4.78 is 12.1. The Hall–Kier alpha value is -3.81. The van der Waals surface area contributed by atoms with Gasteiger partial charge in [0.15, 0.2) is 17.2 Å². The van der Waals surface area contributed by atoms with Gasteiger partial charge in [0.1, 0.15) is 0 Å². The van der Waals surface area contributed by atoms with Gasteiger partial charge in [-0.05, 0) is 43.5 Å². The van der Waals surface area contributed by atoms with Crippen molar-refractivity contribution < 1.29 is 19.4 Å². The number of fused-ring (bicyclic) bond motifs is 1. The number of methoxy groups -OCH3 is 2. The standard InChI is InChI=1S/C22H22N4O4/c1-29-18-11-14(12-19(30-2)21(18)27)13-23-24-22(28)20-16-9-6-10-17(16)26(25-20)15-7-4-3-5-8-15/h3-5,7-8,11-13,27H,6,9-10H2,1-2H3,(H,24,28)/b23-13+. The molecule has 0 aliphatic heterocycles. The van der Waals surface area contributed by atoms with Gasteiger partial charge in [0.05, 0.1) is 26.1 Å². The van der Waals surface area contributed by atoms with Crippen LogP contribution in [0.3, 0.4) is 0 Å². The van der Waals surface area contributed by atoms with Crippen LogP contribution in [-0.4, -0.2) is 41.2 Å². The number of hydrogen-bond donors (Lipinski definition) is 2. The number of carbonyl (C=O) groups is 1. The Bertz CT molecular complexity index is 1080. The van der Waals surface area contributed by atoms with Crippen LogP contribution in [0.1, 0.15) is 33.7 Å². The monoisotopic (exact) mass is 406 g/mol. The number of phenols is 1. The molecule has 1 aliphatic carbocycles. The number of ether oxygens (including phenoxy) is 2. The Balaban J connectivity index is 1.56. The molecule has 30 heavy (non-hydrogen) atoms. The molecule has 0 bridgehead atoms. The van der Waals surface area contributed by atoms with Crippen LogP contribution in [0.5, 0.6) is 17.2 Å². The van der Waals surface area contributed by atoms with Gasteiger partial charge in [-0.25, -0.2) is 10.1 Å². The van der Waals surface area contributed by atoms with E-state index in [1.807, 2.05) is 35.0 Å². The van der Waals surface area contributed by atoms with Crippen LogP contribution in [0, 0.1) is 0 Å². The van der Waals surface area contributed by atoms with E-state index >= 15 is 0 Å². The third-order valence-corrected chi connectivity index (χ3v) is 5.03. The molecule has 0 unspecified atom stereocenters. The highest BCUT2D eigenvalue weighted by Gasteiger charge is 2.26. The molecule has 1 aliphatic rings. The molecule has 1 aromatic heterocycles. The lowest BCUT2D eigenvalue weighted by Gasteiger charge is -2.09. The second kappa shape index (κ2) is 8.28. The number of benzene rings is 2. The maximum Gasteiger partial charge on any atom is 0.292 e. The number of hydrogen-bond acceptors (Lipinski definition) is 6. The third kappa shape index (κ3) is 3.59. The molecule has 8 heteroatoms. The summed E-state index contributed by atoms with van der Waals surface area (Å²) in [5.41, 5.74) is 6.51. The Labute approximate surface area is 173 Å². The quantitative estimate of drug-likeness (QED) is 0.485. The van der Waals surface area contributed by atoms with Gasteiger partial charge in [0.25, 0.3) is 5.91 Å². The minimum absolute atomic E-state index is 0.0943. The molecule has 1 amide bonds. The van der Waals surface area contributed by atoms with Gasteiger partial charge in [-0.2, -0.15) is 10.2 Å². The van der Waals surface area contributed by atoms with Gasteiger partial charge >= 0.3 is 0 Å². The maximum atomic E-state index is 12.7. The second-order valence-corrected chi connectivity index (χ2v) is 6.85. The molecule has 154 valence electrons. The number of hydrazone groups is 1. The number of amides is 1. The summed E-state index contributed by atoms with van der Waals surface area (Å²) in [7, 11) is 2.89. The van der Waals surface area contributed by atoms with E-state index in [1.54, 1.807) is 12.1 Å². The number of aromatic nitrogens is 2. The summed E-state index contributed by atoms with van der Waals surface area (Å²) in [6.07, 6.45) is 4.16. The first kappa shape index (κ1) is 19.5. The second-order valence-electron chi connectivity index (χ2n) is 6.85. The normalized spacial score (nSPS) is 12.7. The lowest BCUT2D eigenvalue weighted by atomic mass is 10.2. The van der Waals surface area contributed by atoms with Gasteiger partial charge in [-0.1, -0.05) is 18.2 Å². The first-order chi connectivity index (χ1) is 14.6. The molecule has 0 saturated heterocycles. The highest BCUT2D eigenvalue weighted by Crippen LogP contribution is 2.36. The fourth-order valence-corrected chi connectivity index (χ4v) is 3.61. The number of rotatable bonds is 6. The first-order valence-corrected chi connectivity index (χ1v) is 9.57. The predicted molar refractivity (Wildman–Crippen MR) is 112 cm³/mol. The summed E-state index contributed by atoms with van der Waals surface area (Å²) >= 11 is 0. The highest BCUT2D eigenvalue weighted by atomic mass is 16.5. The Morgan fingerprint density at radius 1 is 1.17 bits per heavy atom. The van der Waals surface area contributed by atoms with Crippen molar-refractivity contribution in [2.24, 2.45) is 5.10 Å². The van der Waals surface area contributed by atoms with Crippen molar-refractivity contribution in [2.75, 3.05) is 14.2 Å². The molecular weight excluding hydrogens is 384 g/mol. The fraction of sp³-hybridized carbons (Fsp3) is 0.227. The molecule has 0 spiro atoms. The van der Waals surface area contributed by atoms with Crippen LogP contribution in [0.15, 0.2) is 47.6 Å². The average Bonchev–Trinajstić information content (AvgIpc) is 3.38. The molecule has 0 fully saturated rings. The van der Waals surface area contributed by atoms with Gasteiger partial charge in [0.2, 0.25) is 5.75 Å². The summed E-state index contributed by atoms with van der Waals surface area (Å²) in [5, 5.41) is 18.6. The van der Waals surface area contributed by atoms with Crippen molar-refractivity contribution >= 4 is 12.1 Å². The van der Waals surface area contributed by atoms with Crippen molar-refractivity contribution in [1.82, 2.24) is 15.2 Å². The average molecular weight is 406 g/mol. The minimum atomic E-state index is -0.364. The molecule has 0 radical (unpaired) electrons. The summed E-state index contributed by atoms with van der Waals surface area (Å²) in [6.45, 7) is 0. The molecule has 0 atom stereocenters. The number of para-hydroxylation sites is 1. The van der Waals surface area contributed by atoms with E-state index in [0.717, 1.165) is 36.2 Å². The zero-order valence-electron chi connectivity index (χ0n) is 16.8. The lowest BCUT2D eigenvalue weighted by Crippen LogP contribution is -2.20. The summed E-state index contributed by atoms with van der Waals surface area (Å²) in [4.78, 5) is 12.7. The van der Waals surface area contributed by atoms with Gasteiger partial charge < -0.3 is 14.6 Å². The van der Waals surface area contributed by atoms with Gasteiger partial charge in [-0.3, -0.25) is 4.79 Å². The smallest absolute Gasteiger partial charge is 0.292 e. The zero-order chi connectivity index (χ0) is 21.1. The summed E-state index contributed by atoms with van der Waals surface area (Å²) in [5.74, 6) is 0.0445. The SMILES string of the molecule is COc1cc(/C=N/NC(=O)c2nn(-c3ccccc3)c3c2CCC3)cc(OC)c1O. The van der Waals surface area contributed by atoms with Crippen molar-refractivity contribution in [3.05, 3.63) is 65.0 Å². The predicted octanol–water partition coefficient (Wildman–Crippen LogP) is 2.85. The van der Waals surface area contributed by atoms with E-state index in [1.165, 1.54) is 20.4 Å². The van der Waals surface area contributed by atoms with E-state index in [4.69, 9.17) is 9.47 Å². The van der Waals surface area contributed by atoms with Crippen molar-refractivity contribution in [3.63, 3.8) is 0 Å². The van der Waals surface area contributed by atoms with Gasteiger partial charge in [-0.15, -0.1) is 0 Å². The minimum Gasteiger partial charge on any atom is -0.502 e. The number of nitrogens with one attached hydrogen (secondary N) is 1. The van der Waals surface area contributed by atoms with Crippen LogP contribution < -0.4 is 14.9 Å². The number of carbonyl (C=O) groups excluding carboxylic acids is 1. The van der Waals surface area contributed by atoms with E-state index in [-0.39, 0.29) is 23.2 Å². The Kier molecular flexibility index (Phi) is 5.38. The highest BCUT2D eigenvalue weighted by molar-refractivity contribution is 5.95. The molecule has 2 aromatic carbocycles. The van der Waals surface area contributed by atoms with E-state index in [9.17, 15) is 9.90 Å². The molecular formula is C22H22N4O4. The van der Waals surface area contributed by atoms with E-state index in [2.05, 4.69) is 15.6 Å². The molecule has 0 saturated carbocycles. The molecule has 1 heterocycles. The first-order valence-electron chi connectivity index (χ1n) is 9.57. The van der Waals surface area contributed by atoms with E-state index < -0.39 is 0 Å². The van der Waals surface area contributed by atoms with Crippen LogP contribution in [-0.2, 0) is 12.8 Å².